The van der Waals surface area contributed by atoms with Gasteiger partial charge in [0, 0.05) is 11.6 Å². The number of rotatable bonds is 6. The molecule has 8 nitrogen and oxygen atoms in total. The molecule has 0 fully saturated rings. The van der Waals surface area contributed by atoms with Crippen molar-refractivity contribution in [2.24, 2.45) is 0 Å². The van der Waals surface area contributed by atoms with Gasteiger partial charge in [0.25, 0.3) is 0 Å². The Morgan fingerprint density at radius 2 is 1.96 bits per heavy atom. The SMILES string of the molecule is Cc1nc(S/C(=C/c2ccc(-c3cc(C(=O)O)ccc3C)o2)C(=O)O)n[nH]1. The van der Waals surface area contributed by atoms with Crippen molar-refractivity contribution in [3.63, 3.8) is 0 Å². The first-order chi connectivity index (χ1) is 12.8. The fourth-order valence-electron chi connectivity index (χ4n) is 2.33. The quantitative estimate of drug-likeness (QED) is 0.433. The van der Waals surface area contributed by atoms with Crippen LogP contribution in [0.5, 0.6) is 0 Å². The third kappa shape index (κ3) is 4.26. The maximum Gasteiger partial charge on any atom is 0.342 e. The molecule has 3 N–H and O–H groups in total. The zero-order chi connectivity index (χ0) is 19.6. The largest absolute Gasteiger partial charge is 0.478 e. The van der Waals surface area contributed by atoms with Crippen LogP contribution < -0.4 is 0 Å². The number of nitrogens with zero attached hydrogens (tertiary/aromatic N) is 2. The number of aliphatic carboxylic acids is 1. The normalized spacial score (nSPS) is 11.6. The second-order valence-electron chi connectivity index (χ2n) is 5.66. The molecule has 0 saturated heterocycles. The average molecular weight is 385 g/mol. The Labute approximate surface area is 157 Å². The second-order valence-corrected chi connectivity index (χ2v) is 6.67. The van der Waals surface area contributed by atoms with E-state index in [9.17, 15) is 14.7 Å². The molecule has 0 saturated carbocycles. The van der Waals surface area contributed by atoms with E-state index < -0.39 is 11.9 Å². The first-order valence-corrected chi connectivity index (χ1v) is 8.61. The van der Waals surface area contributed by atoms with E-state index in [4.69, 9.17) is 9.52 Å². The van der Waals surface area contributed by atoms with Gasteiger partial charge in [-0.2, -0.15) is 0 Å². The molecule has 138 valence electrons. The van der Waals surface area contributed by atoms with Crippen LogP contribution in [0, 0.1) is 13.8 Å². The molecule has 1 aromatic carbocycles. The summed E-state index contributed by atoms with van der Waals surface area (Å²) in [5, 5.41) is 25.4. The van der Waals surface area contributed by atoms with Gasteiger partial charge in [-0.15, -0.1) is 5.10 Å². The molecule has 0 amide bonds. The van der Waals surface area contributed by atoms with Crippen molar-refractivity contribution in [1.82, 2.24) is 15.2 Å². The number of H-pyrrole nitrogens is 1. The van der Waals surface area contributed by atoms with E-state index in [1.54, 1.807) is 25.1 Å². The summed E-state index contributed by atoms with van der Waals surface area (Å²) in [5.74, 6) is -0.817. The van der Waals surface area contributed by atoms with Crippen LogP contribution in [-0.4, -0.2) is 37.3 Å². The minimum absolute atomic E-state index is 0.00842. The van der Waals surface area contributed by atoms with Crippen LogP contribution in [0.25, 0.3) is 17.4 Å². The van der Waals surface area contributed by atoms with Gasteiger partial charge in [-0.05, 0) is 55.4 Å². The van der Waals surface area contributed by atoms with E-state index >= 15 is 0 Å². The van der Waals surface area contributed by atoms with Crippen molar-refractivity contribution in [1.29, 1.82) is 0 Å². The Balaban J connectivity index is 1.92. The molecule has 0 spiro atoms. The summed E-state index contributed by atoms with van der Waals surface area (Å²) in [6.07, 6.45) is 1.37. The Bertz CT molecular complexity index is 1050. The minimum Gasteiger partial charge on any atom is -0.478 e. The van der Waals surface area contributed by atoms with Crippen LogP contribution in [0.2, 0.25) is 0 Å². The fourth-order valence-corrected chi connectivity index (χ4v) is 3.06. The lowest BCUT2D eigenvalue weighted by Gasteiger charge is -2.04. The van der Waals surface area contributed by atoms with Crippen molar-refractivity contribution in [3.05, 3.63) is 57.9 Å². The zero-order valence-electron chi connectivity index (χ0n) is 14.4. The highest BCUT2D eigenvalue weighted by molar-refractivity contribution is 8.04. The van der Waals surface area contributed by atoms with E-state index in [1.807, 2.05) is 6.92 Å². The summed E-state index contributed by atoms with van der Waals surface area (Å²) in [7, 11) is 0. The van der Waals surface area contributed by atoms with Crippen LogP contribution in [0.4, 0.5) is 0 Å². The molecular weight excluding hydrogens is 370 g/mol. The minimum atomic E-state index is -1.13. The van der Waals surface area contributed by atoms with Gasteiger partial charge in [0.1, 0.15) is 22.3 Å². The molecule has 0 atom stereocenters. The molecule has 0 aliphatic rings. The molecule has 0 aliphatic carbocycles. The number of carboxylic acid groups (broad SMARTS) is 2. The Hall–Kier alpha value is -3.33. The standard InChI is InChI=1S/C18H15N3O5S/c1-9-3-4-11(16(22)23)7-13(9)14-6-5-12(26-14)8-15(17(24)25)27-18-19-10(2)20-21-18/h3-8H,1-2H3,(H,22,23)(H,24,25)(H,19,20,21)/b15-8+. The number of carboxylic acids is 2. The summed E-state index contributed by atoms with van der Waals surface area (Å²) in [6.45, 7) is 3.55. The number of nitrogens with one attached hydrogen (secondary N) is 1. The van der Waals surface area contributed by atoms with Gasteiger partial charge in [0.05, 0.1) is 5.56 Å². The van der Waals surface area contributed by atoms with Crippen molar-refractivity contribution in [3.8, 4) is 11.3 Å². The molecule has 3 aromatic rings. The topological polar surface area (TPSA) is 129 Å². The molecule has 2 aromatic heterocycles. The summed E-state index contributed by atoms with van der Waals surface area (Å²) in [5.41, 5.74) is 1.61. The van der Waals surface area contributed by atoms with Crippen molar-refractivity contribution in [2.45, 2.75) is 19.0 Å². The molecule has 2 heterocycles. The second kappa shape index (κ2) is 7.50. The number of aryl methyl sites for hydroxylation is 2. The number of aromatic carboxylic acids is 1. The van der Waals surface area contributed by atoms with Crippen LogP contribution in [0.3, 0.4) is 0 Å². The average Bonchev–Trinajstić information content (AvgIpc) is 3.23. The summed E-state index contributed by atoms with van der Waals surface area (Å²) < 4.78 is 5.71. The first-order valence-electron chi connectivity index (χ1n) is 7.79. The number of hydrogen-bond acceptors (Lipinski definition) is 6. The molecule has 0 aliphatic heterocycles. The number of thioether (sulfide) groups is 1. The van der Waals surface area contributed by atoms with E-state index in [1.165, 1.54) is 18.2 Å². The highest BCUT2D eigenvalue weighted by atomic mass is 32.2. The predicted octanol–water partition coefficient (Wildman–Crippen LogP) is 3.60. The number of carbonyl (C=O) groups is 2. The van der Waals surface area contributed by atoms with Crippen molar-refractivity contribution < 1.29 is 24.2 Å². The van der Waals surface area contributed by atoms with Crippen LogP contribution in [0.1, 0.15) is 27.5 Å². The Morgan fingerprint density at radius 1 is 1.19 bits per heavy atom. The zero-order valence-corrected chi connectivity index (χ0v) is 15.2. The number of aromatic nitrogens is 3. The van der Waals surface area contributed by atoms with Crippen LogP contribution in [-0.2, 0) is 4.79 Å². The first kappa shape index (κ1) is 18.5. The number of hydrogen-bond donors (Lipinski definition) is 3. The van der Waals surface area contributed by atoms with E-state index in [0.29, 0.717) is 22.9 Å². The molecule has 9 heteroatoms. The van der Waals surface area contributed by atoms with Crippen molar-refractivity contribution in [2.75, 3.05) is 0 Å². The number of benzene rings is 1. The van der Waals surface area contributed by atoms with E-state index in [-0.39, 0.29) is 15.6 Å². The van der Waals surface area contributed by atoms with Gasteiger partial charge in [-0.3, -0.25) is 5.10 Å². The predicted molar refractivity (Wildman–Crippen MR) is 98.4 cm³/mol. The van der Waals surface area contributed by atoms with Gasteiger partial charge in [-0.25, -0.2) is 14.6 Å². The fraction of sp³-hybridized carbons (Fsp3) is 0.111. The maximum absolute atomic E-state index is 11.5. The molecule has 0 unspecified atom stereocenters. The van der Waals surface area contributed by atoms with Gasteiger partial charge in [-0.1, -0.05) is 6.07 Å². The molecule has 0 bridgehead atoms. The smallest absolute Gasteiger partial charge is 0.342 e. The van der Waals surface area contributed by atoms with Crippen LogP contribution in [0.15, 0.2) is 44.8 Å². The van der Waals surface area contributed by atoms with Gasteiger partial charge in [0.2, 0.25) is 5.16 Å². The highest BCUT2D eigenvalue weighted by Gasteiger charge is 2.15. The lowest BCUT2D eigenvalue weighted by Crippen LogP contribution is -1.97. The van der Waals surface area contributed by atoms with Gasteiger partial charge in [0.15, 0.2) is 0 Å². The summed E-state index contributed by atoms with van der Waals surface area (Å²) in [4.78, 5) is 26.7. The number of furan rings is 1. The van der Waals surface area contributed by atoms with E-state index in [0.717, 1.165) is 17.3 Å². The lowest BCUT2D eigenvalue weighted by molar-refractivity contribution is -0.131. The summed E-state index contributed by atoms with van der Waals surface area (Å²) >= 11 is 0.897. The van der Waals surface area contributed by atoms with Crippen LogP contribution >= 0.6 is 11.8 Å². The molecule has 27 heavy (non-hydrogen) atoms. The Morgan fingerprint density at radius 3 is 2.59 bits per heavy atom. The van der Waals surface area contributed by atoms with Gasteiger partial charge < -0.3 is 14.6 Å². The maximum atomic E-state index is 11.5. The Kier molecular flexibility index (Phi) is 5.13. The molecular formula is C18H15N3O5S. The molecule has 3 rings (SSSR count). The van der Waals surface area contributed by atoms with E-state index in [2.05, 4.69) is 15.2 Å². The lowest BCUT2D eigenvalue weighted by atomic mass is 10.0. The highest BCUT2D eigenvalue weighted by Crippen LogP contribution is 2.30. The van der Waals surface area contributed by atoms with Crippen molar-refractivity contribution >= 4 is 29.8 Å². The third-order valence-corrected chi connectivity index (χ3v) is 4.52. The third-order valence-electron chi connectivity index (χ3n) is 3.64. The van der Waals surface area contributed by atoms with Gasteiger partial charge >= 0.3 is 11.9 Å². The molecule has 0 radical (unpaired) electrons. The summed E-state index contributed by atoms with van der Waals surface area (Å²) in [6, 6.07) is 8.02. The number of aromatic amines is 1. The monoisotopic (exact) mass is 385 g/mol.